The second-order valence-electron chi connectivity index (χ2n) is 6.75. The van der Waals surface area contributed by atoms with Crippen LogP contribution in [0.15, 0.2) is 24.3 Å². The minimum atomic E-state index is 0.516. The molecule has 0 spiro atoms. The Morgan fingerprint density at radius 2 is 1.85 bits per heavy atom. The third-order valence-corrected chi connectivity index (χ3v) is 5.39. The monoisotopic (exact) mass is 272 g/mol. The Kier molecular flexibility index (Phi) is 4.13. The van der Waals surface area contributed by atoms with Crippen LogP contribution in [0.5, 0.6) is 0 Å². The normalized spacial score (nSPS) is 34.1. The molecular weight excluding hydrogens is 244 g/mol. The first-order valence-electron chi connectivity index (χ1n) is 8.26. The third kappa shape index (κ3) is 2.51. The number of rotatable bonds is 3. The maximum atomic E-state index is 3.76. The maximum Gasteiger partial charge on any atom is 0.0480 e. The fourth-order valence-corrected chi connectivity index (χ4v) is 4.05. The minimum Gasteiger partial charge on any atom is -0.309 e. The molecule has 0 radical (unpaired) electrons. The summed E-state index contributed by atoms with van der Waals surface area (Å²) in [4.78, 5) is 2.75. The fourth-order valence-electron chi connectivity index (χ4n) is 4.05. The number of hydrogen-bond acceptors (Lipinski definition) is 2. The molecule has 0 amide bonds. The van der Waals surface area contributed by atoms with Gasteiger partial charge in [-0.2, -0.15) is 0 Å². The molecule has 2 aliphatic rings. The number of fused-ring (bicyclic) bond motifs is 1. The smallest absolute Gasteiger partial charge is 0.0480 e. The van der Waals surface area contributed by atoms with Crippen LogP contribution in [0.25, 0.3) is 0 Å². The first-order valence-corrected chi connectivity index (χ1v) is 8.26. The van der Waals surface area contributed by atoms with Gasteiger partial charge in [-0.25, -0.2) is 0 Å². The fraction of sp³-hybridized carbons (Fsp3) is 0.667. The van der Waals surface area contributed by atoms with Gasteiger partial charge in [-0.15, -0.1) is 0 Å². The molecule has 0 saturated carbocycles. The molecule has 20 heavy (non-hydrogen) atoms. The molecular formula is C18H28N2. The lowest BCUT2D eigenvalue weighted by Crippen LogP contribution is -2.46. The van der Waals surface area contributed by atoms with E-state index in [4.69, 9.17) is 0 Å². The Hall–Kier alpha value is -0.860. The Bertz CT molecular complexity index is 446. The van der Waals surface area contributed by atoms with E-state index in [0.29, 0.717) is 12.1 Å². The van der Waals surface area contributed by atoms with Gasteiger partial charge in [-0.05, 0) is 42.3 Å². The molecule has 0 bridgehead atoms. The van der Waals surface area contributed by atoms with Crippen LogP contribution in [0.3, 0.4) is 0 Å². The van der Waals surface area contributed by atoms with E-state index in [1.807, 2.05) is 0 Å². The highest BCUT2D eigenvalue weighted by molar-refractivity contribution is 5.34. The average molecular weight is 272 g/mol. The van der Waals surface area contributed by atoms with Gasteiger partial charge in [-0.3, -0.25) is 4.90 Å². The van der Waals surface area contributed by atoms with Gasteiger partial charge in [0.1, 0.15) is 0 Å². The molecule has 4 atom stereocenters. The van der Waals surface area contributed by atoms with E-state index in [1.54, 1.807) is 5.56 Å². The summed E-state index contributed by atoms with van der Waals surface area (Å²) in [6.45, 7) is 10.6. The van der Waals surface area contributed by atoms with Crippen LogP contribution in [-0.4, -0.2) is 30.6 Å². The van der Waals surface area contributed by atoms with E-state index >= 15 is 0 Å². The number of benzene rings is 1. The second kappa shape index (κ2) is 5.87. The van der Waals surface area contributed by atoms with Gasteiger partial charge >= 0.3 is 0 Å². The number of nitrogens with one attached hydrogen (secondary N) is 1. The summed E-state index contributed by atoms with van der Waals surface area (Å²) >= 11 is 0. The van der Waals surface area contributed by atoms with Gasteiger partial charge < -0.3 is 5.32 Å². The highest BCUT2D eigenvalue weighted by Crippen LogP contribution is 2.36. The Labute approximate surface area is 123 Å². The summed E-state index contributed by atoms with van der Waals surface area (Å²) in [7, 11) is 0. The quantitative estimate of drug-likeness (QED) is 0.909. The maximum absolute atomic E-state index is 3.76. The highest BCUT2D eigenvalue weighted by atomic mass is 15.2. The van der Waals surface area contributed by atoms with E-state index in [9.17, 15) is 0 Å². The van der Waals surface area contributed by atoms with Gasteiger partial charge in [0, 0.05) is 25.2 Å². The number of hydrogen-bond donors (Lipinski definition) is 1. The summed E-state index contributed by atoms with van der Waals surface area (Å²) < 4.78 is 0. The molecule has 2 nitrogen and oxygen atoms in total. The van der Waals surface area contributed by atoms with Gasteiger partial charge in [0.05, 0.1) is 0 Å². The molecule has 4 unspecified atom stereocenters. The van der Waals surface area contributed by atoms with Gasteiger partial charge in [-0.1, -0.05) is 45.0 Å². The molecule has 1 heterocycles. The summed E-state index contributed by atoms with van der Waals surface area (Å²) in [6, 6.07) is 10.2. The molecule has 1 aromatic rings. The molecule has 1 N–H and O–H groups in total. The second-order valence-corrected chi connectivity index (χ2v) is 6.75. The zero-order chi connectivity index (χ0) is 14.1. The van der Waals surface area contributed by atoms with Crippen molar-refractivity contribution in [3.8, 4) is 0 Å². The summed E-state index contributed by atoms with van der Waals surface area (Å²) in [6.07, 6.45) is 2.54. The number of likely N-dealkylation sites (N-methyl/N-ethyl adjacent to an activating group) is 1. The van der Waals surface area contributed by atoms with Crippen molar-refractivity contribution in [2.75, 3.05) is 19.6 Å². The molecule has 3 rings (SSSR count). The largest absolute Gasteiger partial charge is 0.309 e. The van der Waals surface area contributed by atoms with Crippen LogP contribution in [-0.2, 0) is 6.42 Å². The van der Waals surface area contributed by atoms with Crippen LogP contribution < -0.4 is 5.32 Å². The summed E-state index contributed by atoms with van der Waals surface area (Å²) in [5.41, 5.74) is 3.09. The zero-order valence-corrected chi connectivity index (χ0v) is 13.1. The number of nitrogens with zero attached hydrogens (tertiary/aromatic N) is 1. The molecule has 2 heteroatoms. The van der Waals surface area contributed by atoms with Crippen molar-refractivity contribution < 1.29 is 0 Å². The lowest BCUT2D eigenvalue weighted by molar-refractivity contribution is 0.166. The van der Waals surface area contributed by atoms with Crippen molar-refractivity contribution >= 4 is 0 Å². The Morgan fingerprint density at radius 3 is 2.55 bits per heavy atom. The van der Waals surface area contributed by atoms with Gasteiger partial charge in [0.25, 0.3) is 0 Å². The van der Waals surface area contributed by atoms with Crippen molar-refractivity contribution in [1.82, 2.24) is 10.2 Å². The van der Waals surface area contributed by atoms with E-state index < -0.39 is 0 Å². The van der Waals surface area contributed by atoms with Crippen LogP contribution in [0.4, 0.5) is 0 Å². The Morgan fingerprint density at radius 1 is 1.15 bits per heavy atom. The zero-order valence-electron chi connectivity index (χ0n) is 13.1. The van der Waals surface area contributed by atoms with E-state index in [2.05, 4.69) is 55.3 Å². The van der Waals surface area contributed by atoms with Crippen molar-refractivity contribution in [2.24, 2.45) is 11.8 Å². The van der Waals surface area contributed by atoms with E-state index in [0.717, 1.165) is 18.4 Å². The molecule has 0 aromatic heterocycles. The van der Waals surface area contributed by atoms with Crippen molar-refractivity contribution in [3.05, 3.63) is 35.4 Å². The van der Waals surface area contributed by atoms with Gasteiger partial charge in [0.2, 0.25) is 0 Å². The first-order chi connectivity index (χ1) is 9.70. The summed E-state index contributed by atoms with van der Waals surface area (Å²) in [5, 5.41) is 3.76. The molecule has 1 aromatic carbocycles. The van der Waals surface area contributed by atoms with Crippen LogP contribution in [0, 0.1) is 11.8 Å². The average Bonchev–Trinajstić information content (AvgIpc) is 2.79. The van der Waals surface area contributed by atoms with Crippen LogP contribution >= 0.6 is 0 Å². The number of likely N-dealkylation sites (tertiary alicyclic amines) is 1. The SMILES string of the molecule is CCNC1c2ccccc2CCC1N1CC(C)C(C)C1. The van der Waals surface area contributed by atoms with Crippen LogP contribution in [0.1, 0.15) is 44.4 Å². The summed E-state index contributed by atoms with van der Waals surface area (Å²) in [5.74, 6) is 1.68. The molecule has 1 fully saturated rings. The van der Waals surface area contributed by atoms with Crippen molar-refractivity contribution in [3.63, 3.8) is 0 Å². The van der Waals surface area contributed by atoms with E-state index in [1.165, 1.54) is 31.5 Å². The minimum absolute atomic E-state index is 0.516. The topological polar surface area (TPSA) is 15.3 Å². The standard InChI is InChI=1S/C18H28N2/c1-4-19-18-16-8-6-5-7-15(16)9-10-17(18)20-11-13(2)14(3)12-20/h5-8,13-14,17-19H,4,9-12H2,1-3H3. The Balaban J connectivity index is 1.85. The number of aryl methyl sites for hydroxylation is 1. The highest BCUT2D eigenvalue weighted by Gasteiger charge is 2.37. The third-order valence-electron chi connectivity index (χ3n) is 5.39. The lowest BCUT2D eigenvalue weighted by atomic mass is 9.83. The predicted octanol–water partition coefficient (Wildman–Crippen LogP) is 3.24. The molecule has 1 saturated heterocycles. The van der Waals surface area contributed by atoms with Gasteiger partial charge in [0.15, 0.2) is 0 Å². The lowest BCUT2D eigenvalue weighted by Gasteiger charge is -2.40. The predicted molar refractivity (Wildman–Crippen MR) is 84.9 cm³/mol. The van der Waals surface area contributed by atoms with Crippen molar-refractivity contribution in [1.29, 1.82) is 0 Å². The van der Waals surface area contributed by atoms with E-state index in [-0.39, 0.29) is 0 Å². The molecule has 1 aliphatic heterocycles. The molecule has 1 aliphatic carbocycles. The van der Waals surface area contributed by atoms with Crippen molar-refractivity contribution in [2.45, 2.75) is 45.7 Å². The van der Waals surface area contributed by atoms with Crippen LogP contribution in [0.2, 0.25) is 0 Å². The first kappa shape index (κ1) is 14.1. The molecule has 110 valence electrons.